The fourth-order valence-corrected chi connectivity index (χ4v) is 4.62. The molecule has 0 fully saturated rings. The molecule has 0 saturated heterocycles. The lowest BCUT2D eigenvalue weighted by atomic mass is 9.97. The average molecular weight is 460 g/mol. The Morgan fingerprint density at radius 3 is 2.06 bits per heavy atom. The van der Waals surface area contributed by atoms with Crippen LogP contribution in [0.4, 0.5) is 0 Å². The summed E-state index contributed by atoms with van der Waals surface area (Å²) >= 11 is 0. The Morgan fingerprint density at radius 2 is 1.50 bits per heavy atom. The van der Waals surface area contributed by atoms with Gasteiger partial charge in [0.25, 0.3) is 5.91 Å². The first-order chi connectivity index (χ1) is 15.1. The Hall–Kier alpha value is -2.71. The predicted octanol–water partition coefficient (Wildman–Crippen LogP) is 2.98. The summed E-state index contributed by atoms with van der Waals surface area (Å²) in [5, 5.41) is 5.73. The zero-order valence-corrected chi connectivity index (χ0v) is 19.9. The van der Waals surface area contributed by atoms with E-state index in [1.54, 1.807) is 62.4 Å². The Balaban J connectivity index is 1.98. The van der Waals surface area contributed by atoms with E-state index in [1.807, 2.05) is 19.9 Å². The van der Waals surface area contributed by atoms with Gasteiger partial charge in [0.15, 0.2) is 0 Å². The minimum Gasteiger partial charge on any atom is -0.350 e. The van der Waals surface area contributed by atoms with Crippen LogP contribution in [0.25, 0.3) is 0 Å². The smallest absolute Gasteiger partial charge is 0.251 e. The van der Waals surface area contributed by atoms with Crippen LogP contribution in [0, 0.1) is 5.92 Å². The Morgan fingerprint density at radius 1 is 0.906 bits per heavy atom. The zero-order valence-electron chi connectivity index (χ0n) is 19.1. The van der Waals surface area contributed by atoms with Gasteiger partial charge in [0, 0.05) is 18.2 Å². The molecule has 0 heterocycles. The van der Waals surface area contributed by atoms with E-state index in [2.05, 4.69) is 15.4 Å². The molecule has 0 saturated carbocycles. The molecule has 2 rings (SSSR count). The molecular weight excluding hydrogens is 426 g/mol. The van der Waals surface area contributed by atoms with E-state index in [1.165, 1.54) is 0 Å². The highest BCUT2D eigenvalue weighted by molar-refractivity contribution is 7.88. The third-order valence-corrected chi connectivity index (χ3v) is 6.62. The van der Waals surface area contributed by atoms with Crippen LogP contribution < -0.4 is 15.4 Å². The van der Waals surface area contributed by atoms with Crippen molar-refractivity contribution in [2.75, 3.05) is 0 Å². The van der Waals surface area contributed by atoms with Crippen LogP contribution in [-0.4, -0.2) is 32.3 Å². The molecule has 32 heavy (non-hydrogen) atoms. The van der Waals surface area contributed by atoms with Gasteiger partial charge in [-0.05, 0) is 43.0 Å². The van der Waals surface area contributed by atoms with E-state index in [0.29, 0.717) is 11.1 Å². The molecule has 0 bridgehead atoms. The van der Waals surface area contributed by atoms with Gasteiger partial charge in [-0.3, -0.25) is 9.59 Å². The molecule has 0 radical (unpaired) electrons. The molecule has 0 unspecified atom stereocenters. The molecule has 2 atom stereocenters. The molecule has 0 aliphatic carbocycles. The first kappa shape index (κ1) is 25.5. The summed E-state index contributed by atoms with van der Waals surface area (Å²) in [6.45, 7) is 7.73. The lowest BCUT2D eigenvalue weighted by Crippen LogP contribution is -2.50. The van der Waals surface area contributed by atoms with Crippen LogP contribution in [0.5, 0.6) is 0 Å². The van der Waals surface area contributed by atoms with Gasteiger partial charge in [-0.2, -0.15) is 0 Å². The summed E-state index contributed by atoms with van der Waals surface area (Å²) in [6.07, 6.45) is 0.737. The van der Waals surface area contributed by atoms with Gasteiger partial charge >= 0.3 is 0 Å². The summed E-state index contributed by atoms with van der Waals surface area (Å²) < 4.78 is 26.7. The van der Waals surface area contributed by atoms with Crippen molar-refractivity contribution in [3.63, 3.8) is 0 Å². The first-order valence-electron chi connectivity index (χ1n) is 10.8. The SMILES string of the molecule is CC[C@H](C)[C@H](NC(=O)c1ccccc1)C(=O)NCc1ccc(CS(=O)(=O)NC(C)C)cc1. The molecule has 7 nitrogen and oxygen atoms in total. The quantitative estimate of drug-likeness (QED) is 0.480. The third kappa shape index (κ3) is 8.09. The molecule has 2 aromatic rings. The van der Waals surface area contributed by atoms with Crippen LogP contribution in [-0.2, 0) is 27.1 Å². The molecule has 8 heteroatoms. The van der Waals surface area contributed by atoms with Crippen LogP contribution >= 0.6 is 0 Å². The standard InChI is InChI=1S/C24H33N3O4S/c1-5-18(4)22(26-23(28)21-9-7-6-8-10-21)24(29)25-15-19-11-13-20(14-12-19)16-32(30,31)27-17(2)3/h6-14,17-18,22,27H,5,15-16H2,1-4H3,(H,25,29)(H,26,28)/t18-,22-/m0/s1. The van der Waals surface area contributed by atoms with Gasteiger partial charge in [0.1, 0.15) is 6.04 Å². The molecule has 0 aliphatic rings. The molecule has 0 aromatic heterocycles. The van der Waals surface area contributed by atoms with Crippen molar-refractivity contribution >= 4 is 21.8 Å². The maximum absolute atomic E-state index is 12.8. The van der Waals surface area contributed by atoms with E-state index < -0.39 is 16.1 Å². The Bertz CT molecular complexity index is 990. The van der Waals surface area contributed by atoms with Gasteiger partial charge in [0.05, 0.1) is 5.75 Å². The minimum atomic E-state index is -3.39. The number of sulfonamides is 1. The monoisotopic (exact) mass is 459 g/mol. The molecule has 174 valence electrons. The number of hydrogen-bond acceptors (Lipinski definition) is 4. The summed E-state index contributed by atoms with van der Waals surface area (Å²) in [6, 6.07) is 15.1. The van der Waals surface area contributed by atoms with Gasteiger partial charge in [-0.25, -0.2) is 13.1 Å². The molecular formula is C24H33N3O4S. The minimum absolute atomic E-state index is 0.0382. The summed E-state index contributed by atoms with van der Waals surface area (Å²) in [5.41, 5.74) is 2.01. The first-order valence-corrected chi connectivity index (χ1v) is 12.5. The number of nitrogens with one attached hydrogen (secondary N) is 3. The fraction of sp³-hybridized carbons (Fsp3) is 0.417. The van der Waals surface area contributed by atoms with Crippen molar-refractivity contribution in [3.05, 3.63) is 71.3 Å². The number of rotatable bonds is 11. The number of hydrogen-bond donors (Lipinski definition) is 3. The second kappa shape index (κ2) is 11.8. The van der Waals surface area contributed by atoms with E-state index >= 15 is 0 Å². The predicted molar refractivity (Wildman–Crippen MR) is 126 cm³/mol. The van der Waals surface area contributed by atoms with E-state index in [4.69, 9.17) is 0 Å². The van der Waals surface area contributed by atoms with Gasteiger partial charge in [-0.1, -0.05) is 62.7 Å². The maximum Gasteiger partial charge on any atom is 0.251 e. The van der Waals surface area contributed by atoms with Gasteiger partial charge in [-0.15, -0.1) is 0 Å². The van der Waals surface area contributed by atoms with Crippen molar-refractivity contribution in [3.8, 4) is 0 Å². The highest BCUT2D eigenvalue weighted by Crippen LogP contribution is 2.12. The third-order valence-electron chi connectivity index (χ3n) is 5.08. The topological polar surface area (TPSA) is 104 Å². The van der Waals surface area contributed by atoms with Crippen molar-refractivity contribution in [2.45, 2.75) is 58.5 Å². The summed E-state index contributed by atoms with van der Waals surface area (Å²) in [7, 11) is -3.39. The molecule has 0 spiro atoms. The van der Waals surface area contributed by atoms with Crippen molar-refractivity contribution in [2.24, 2.45) is 5.92 Å². The van der Waals surface area contributed by atoms with Crippen molar-refractivity contribution in [1.29, 1.82) is 0 Å². The summed E-state index contributed by atoms with van der Waals surface area (Å²) in [4.78, 5) is 25.4. The van der Waals surface area contributed by atoms with E-state index in [9.17, 15) is 18.0 Å². The lowest BCUT2D eigenvalue weighted by Gasteiger charge is -2.23. The molecule has 2 aromatic carbocycles. The van der Waals surface area contributed by atoms with Crippen LogP contribution in [0.2, 0.25) is 0 Å². The average Bonchev–Trinajstić information content (AvgIpc) is 2.75. The van der Waals surface area contributed by atoms with Gasteiger partial charge in [0.2, 0.25) is 15.9 Å². The van der Waals surface area contributed by atoms with Crippen molar-refractivity contribution < 1.29 is 18.0 Å². The van der Waals surface area contributed by atoms with Gasteiger partial charge < -0.3 is 10.6 Å². The van der Waals surface area contributed by atoms with Crippen LogP contribution in [0.3, 0.4) is 0 Å². The highest BCUT2D eigenvalue weighted by Gasteiger charge is 2.26. The number of carbonyl (C=O) groups is 2. The fourth-order valence-electron chi connectivity index (χ4n) is 3.19. The second-order valence-electron chi connectivity index (χ2n) is 8.27. The molecule has 0 aliphatic heterocycles. The highest BCUT2D eigenvalue weighted by atomic mass is 32.2. The lowest BCUT2D eigenvalue weighted by molar-refractivity contribution is -0.124. The number of benzene rings is 2. The summed E-state index contributed by atoms with van der Waals surface area (Å²) in [5.74, 6) is -0.675. The zero-order chi connectivity index (χ0) is 23.7. The second-order valence-corrected chi connectivity index (χ2v) is 10.0. The number of amides is 2. The van der Waals surface area contributed by atoms with E-state index in [0.717, 1.165) is 12.0 Å². The number of carbonyl (C=O) groups excluding carboxylic acids is 2. The van der Waals surface area contributed by atoms with Crippen LogP contribution in [0.1, 0.15) is 55.6 Å². The maximum atomic E-state index is 12.8. The van der Waals surface area contributed by atoms with Crippen LogP contribution in [0.15, 0.2) is 54.6 Å². The normalized spacial score (nSPS) is 13.4. The van der Waals surface area contributed by atoms with Crippen molar-refractivity contribution in [1.82, 2.24) is 15.4 Å². The van der Waals surface area contributed by atoms with E-state index in [-0.39, 0.29) is 36.1 Å². The molecule has 3 N–H and O–H groups in total. The Kier molecular flexibility index (Phi) is 9.41. The Labute approximate surface area is 191 Å². The molecule has 2 amide bonds. The largest absolute Gasteiger partial charge is 0.350 e.